The van der Waals surface area contributed by atoms with Gasteiger partial charge in [0.05, 0.1) is 0 Å². The van der Waals surface area contributed by atoms with Gasteiger partial charge in [0.15, 0.2) is 0 Å². The van der Waals surface area contributed by atoms with Crippen molar-refractivity contribution in [1.82, 2.24) is 0 Å². The monoisotopic (exact) mass is 234 g/mol. The van der Waals surface area contributed by atoms with Crippen molar-refractivity contribution < 1.29 is 39.1 Å². The zero-order valence-electron chi connectivity index (χ0n) is 8.43. The van der Waals surface area contributed by atoms with Crippen LogP contribution in [0.2, 0.25) is 0 Å². The van der Waals surface area contributed by atoms with Crippen LogP contribution < -0.4 is 0 Å². The number of carbonyl (C=O) groups excluding carboxylic acids is 3. The summed E-state index contributed by atoms with van der Waals surface area (Å²) in [6.07, 6.45) is 0.825. The van der Waals surface area contributed by atoms with E-state index in [0.29, 0.717) is 6.42 Å². The Bertz CT molecular complexity index is 252. The standard InChI is InChI=1S/C5H6O5.C3H4O3/c6-4-2-1-3-5(7)9-10-8-4;1-2(4)3(5)6/h1-3H2;1H3,(H,5,6). The SMILES string of the molecule is CC(=O)C(=O)O.O=C1CCCC(=O)OOO1. The van der Waals surface area contributed by atoms with Crippen LogP contribution in [0.5, 0.6) is 0 Å². The van der Waals surface area contributed by atoms with Crippen LogP contribution in [0.25, 0.3) is 0 Å². The van der Waals surface area contributed by atoms with Crippen LogP contribution in [-0.4, -0.2) is 28.8 Å². The lowest BCUT2D eigenvalue weighted by Crippen LogP contribution is -2.14. The molecule has 0 radical (unpaired) electrons. The highest BCUT2D eigenvalue weighted by molar-refractivity contribution is 6.31. The van der Waals surface area contributed by atoms with Gasteiger partial charge in [0.2, 0.25) is 5.78 Å². The molecule has 1 heterocycles. The molecule has 1 fully saturated rings. The summed E-state index contributed by atoms with van der Waals surface area (Å²) in [7, 11) is 0. The summed E-state index contributed by atoms with van der Waals surface area (Å²) >= 11 is 0. The second-order valence-electron chi connectivity index (χ2n) is 2.69. The van der Waals surface area contributed by atoms with Gasteiger partial charge in [-0.2, -0.15) is 0 Å². The minimum absolute atomic E-state index is 0.190. The van der Waals surface area contributed by atoms with Gasteiger partial charge >= 0.3 is 17.9 Å². The Morgan fingerprint density at radius 3 is 1.81 bits per heavy atom. The van der Waals surface area contributed by atoms with Gasteiger partial charge < -0.3 is 5.11 Å². The zero-order chi connectivity index (χ0) is 12.6. The number of ketones is 1. The average Bonchev–Trinajstić information content (AvgIpc) is 2.15. The van der Waals surface area contributed by atoms with Gasteiger partial charge in [0.1, 0.15) is 0 Å². The molecule has 0 amide bonds. The molecule has 16 heavy (non-hydrogen) atoms. The van der Waals surface area contributed by atoms with Crippen LogP contribution in [0.3, 0.4) is 0 Å². The van der Waals surface area contributed by atoms with Gasteiger partial charge in [0.25, 0.3) is 0 Å². The fourth-order valence-electron chi connectivity index (χ4n) is 0.553. The van der Waals surface area contributed by atoms with E-state index < -0.39 is 23.7 Å². The topological polar surface area (TPSA) is 116 Å². The normalized spacial score (nSPS) is 15.6. The predicted molar refractivity (Wildman–Crippen MR) is 45.4 cm³/mol. The minimum atomic E-state index is -1.38. The number of carboxylic acids is 1. The third-order valence-corrected chi connectivity index (χ3v) is 1.32. The molecule has 0 aliphatic carbocycles. The van der Waals surface area contributed by atoms with Crippen molar-refractivity contribution in [1.29, 1.82) is 0 Å². The maximum absolute atomic E-state index is 10.4. The number of Topliss-reactive ketones (excluding diaryl/α,β-unsaturated/α-hetero) is 1. The average molecular weight is 234 g/mol. The second kappa shape index (κ2) is 7.35. The zero-order valence-corrected chi connectivity index (χ0v) is 8.43. The minimum Gasteiger partial charge on any atom is -0.476 e. The van der Waals surface area contributed by atoms with Gasteiger partial charge in [-0.25, -0.2) is 14.4 Å². The van der Waals surface area contributed by atoms with E-state index in [1.165, 1.54) is 0 Å². The highest BCUT2D eigenvalue weighted by Crippen LogP contribution is 2.04. The summed E-state index contributed by atoms with van der Waals surface area (Å²) in [6, 6.07) is 0. The Morgan fingerprint density at radius 1 is 1.12 bits per heavy atom. The maximum Gasteiger partial charge on any atom is 0.371 e. The quantitative estimate of drug-likeness (QED) is 0.488. The van der Waals surface area contributed by atoms with Crippen LogP contribution >= 0.6 is 0 Å². The molecule has 1 aliphatic heterocycles. The third-order valence-electron chi connectivity index (χ3n) is 1.32. The lowest BCUT2D eigenvalue weighted by Gasteiger charge is -2.04. The Balaban J connectivity index is 0.000000325. The summed E-state index contributed by atoms with van der Waals surface area (Å²) < 4.78 is 0. The molecule has 8 nitrogen and oxygen atoms in total. The summed E-state index contributed by atoms with van der Waals surface area (Å²) in [5.41, 5.74) is 0. The predicted octanol–water partition coefficient (Wildman–Crippen LogP) is -0.237. The van der Waals surface area contributed by atoms with Gasteiger partial charge in [-0.3, -0.25) is 14.6 Å². The van der Waals surface area contributed by atoms with Gasteiger partial charge in [0, 0.05) is 24.8 Å². The van der Waals surface area contributed by atoms with E-state index in [-0.39, 0.29) is 12.8 Å². The maximum atomic E-state index is 10.4. The number of carboxylic acid groups (broad SMARTS) is 1. The van der Waals surface area contributed by atoms with E-state index in [1.807, 2.05) is 0 Å². The molecule has 0 unspecified atom stereocenters. The lowest BCUT2D eigenvalue weighted by atomic mass is 10.2. The van der Waals surface area contributed by atoms with Gasteiger partial charge in [-0.1, -0.05) is 0 Å². The molecule has 1 N–H and O–H groups in total. The third kappa shape index (κ3) is 7.44. The van der Waals surface area contributed by atoms with Gasteiger partial charge in [-0.05, 0) is 6.42 Å². The molecular formula is C8H10O8. The number of hydrogen-bond donors (Lipinski definition) is 1. The van der Waals surface area contributed by atoms with Crippen molar-refractivity contribution in [2.75, 3.05) is 0 Å². The van der Waals surface area contributed by atoms with Crippen LogP contribution in [0.4, 0.5) is 0 Å². The number of rotatable bonds is 1. The fourth-order valence-corrected chi connectivity index (χ4v) is 0.553. The smallest absolute Gasteiger partial charge is 0.371 e. The van der Waals surface area contributed by atoms with Crippen molar-refractivity contribution in [2.45, 2.75) is 26.2 Å². The van der Waals surface area contributed by atoms with E-state index in [2.05, 4.69) is 14.8 Å². The molecule has 0 atom stereocenters. The molecule has 0 saturated carbocycles. The Hall–Kier alpha value is -1.96. The molecule has 1 aliphatic rings. The Morgan fingerprint density at radius 2 is 1.50 bits per heavy atom. The molecule has 1 saturated heterocycles. The fraction of sp³-hybridized carbons (Fsp3) is 0.500. The molecular weight excluding hydrogens is 224 g/mol. The summed E-state index contributed by atoms with van der Waals surface area (Å²) in [5.74, 6) is -3.25. The number of carbonyl (C=O) groups is 4. The van der Waals surface area contributed by atoms with Crippen molar-refractivity contribution in [2.24, 2.45) is 0 Å². The van der Waals surface area contributed by atoms with E-state index >= 15 is 0 Å². The van der Waals surface area contributed by atoms with Crippen LogP contribution in [0, 0.1) is 0 Å². The Labute approximate surface area is 89.9 Å². The Kier molecular flexibility index (Phi) is 6.45. The largest absolute Gasteiger partial charge is 0.476 e. The van der Waals surface area contributed by atoms with Crippen LogP contribution in [0.15, 0.2) is 0 Å². The highest BCUT2D eigenvalue weighted by Gasteiger charge is 2.13. The first-order chi connectivity index (χ1) is 7.43. The van der Waals surface area contributed by atoms with Crippen molar-refractivity contribution in [3.63, 3.8) is 0 Å². The van der Waals surface area contributed by atoms with Crippen LogP contribution in [-0.2, 0) is 34.0 Å². The van der Waals surface area contributed by atoms with Crippen LogP contribution in [0.1, 0.15) is 26.2 Å². The molecule has 0 aromatic rings. The molecule has 0 aromatic heterocycles. The van der Waals surface area contributed by atoms with E-state index in [1.54, 1.807) is 0 Å². The summed E-state index contributed by atoms with van der Waals surface area (Å²) in [4.78, 5) is 47.6. The lowest BCUT2D eigenvalue weighted by molar-refractivity contribution is -0.461. The summed E-state index contributed by atoms with van der Waals surface area (Å²) in [5, 5.41) is 11.4. The first-order valence-electron chi connectivity index (χ1n) is 4.24. The van der Waals surface area contributed by atoms with Gasteiger partial charge in [-0.15, -0.1) is 0 Å². The van der Waals surface area contributed by atoms with E-state index in [9.17, 15) is 19.2 Å². The van der Waals surface area contributed by atoms with E-state index in [0.717, 1.165) is 6.92 Å². The molecule has 8 heteroatoms. The number of aliphatic carboxylic acids is 1. The van der Waals surface area contributed by atoms with Crippen molar-refractivity contribution in [3.05, 3.63) is 0 Å². The highest BCUT2D eigenvalue weighted by atomic mass is 17.5. The van der Waals surface area contributed by atoms with Crippen molar-refractivity contribution in [3.8, 4) is 0 Å². The molecule has 0 bridgehead atoms. The molecule has 0 spiro atoms. The molecule has 1 rings (SSSR count). The first kappa shape index (κ1) is 14.0. The molecule has 90 valence electrons. The molecule has 0 aromatic carbocycles. The second-order valence-corrected chi connectivity index (χ2v) is 2.69. The summed E-state index contributed by atoms with van der Waals surface area (Å²) in [6.45, 7) is 1.00. The van der Waals surface area contributed by atoms with Crippen molar-refractivity contribution >= 4 is 23.7 Å². The number of hydrogen-bond acceptors (Lipinski definition) is 7. The van der Waals surface area contributed by atoms with E-state index in [4.69, 9.17) is 5.11 Å². The first-order valence-corrected chi connectivity index (χ1v) is 4.24.